The van der Waals surface area contributed by atoms with Gasteiger partial charge in [-0.25, -0.2) is 0 Å². The molecule has 0 radical (unpaired) electrons. The molecule has 1 saturated heterocycles. The summed E-state index contributed by atoms with van der Waals surface area (Å²) in [6.45, 7) is 4.65. The number of hydrogen-bond acceptors (Lipinski definition) is 1. The molecule has 1 amide bonds. The third kappa shape index (κ3) is 6.22. The Morgan fingerprint density at radius 2 is 1.81 bits per heavy atom. The van der Waals surface area contributed by atoms with Crippen molar-refractivity contribution in [2.24, 2.45) is 0 Å². The number of anilines is 1. The van der Waals surface area contributed by atoms with Crippen LogP contribution >= 0.6 is 23.2 Å². The summed E-state index contributed by atoms with van der Waals surface area (Å²) in [7, 11) is 1.98. The standard InChI is InChI=1S/C21H25Cl2N3O/c1-25(14-17-6-7-18(22)12-20(17)23)15-21(27)24-19-8-4-16(5-9-19)13-26-10-2-3-11-26/h4-9,12H,2-3,10-11,13-15H2,1H3,(H,24,27)/p+2. The van der Waals surface area contributed by atoms with Crippen molar-refractivity contribution in [2.45, 2.75) is 25.9 Å². The Morgan fingerprint density at radius 1 is 1.11 bits per heavy atom. The maximum Gasteiger partial charge on any atom is 0.279 e. The number of carbonyl (C=O) groups excluding carboxylic acids is 1. The van der Waals surface area contributed by atoms with E-state index in [2.05, 4.69) is 17.4 Å². The Balaban J connectivity index is 1.47. The molecule has 144 valence electrons. The number of amides is 1. The monoisotopic (exact) mass is 407 g/mol. The van der Waals surface area contributed by atoms with E-state index in [4.69, 9.17) is 23.2 Å². The van der Waals surface area contributed by atoms with Crippen LogP contribution in [0.3, 0.4) is 0 Å². The van der Waals surface area contributed by atoms with E-state index in [1.807, 2.05) is 31.3 Å². The minimum atomic E-state index is -0.00416. The van der Waals surface area contributed by atoms with Gasteiger partial charge in [0.15, 0.2) is 6.54 Å². The topological polar surface area (TPSA) is 38.0 Å². The molecule has 0 aromatic heterocycles. The maximum absolute atomic E-state index is 12.3. The van der Waals surface area contributed by atoms with Gasteiger partial charge in [-0.1, -0.05) is 41.4 Å². The van der Waals surface area contributed by atoms with Gasteiger partial charge in [-0.15, -0.1) is 0 Å². The van der Waals surface area contributed by atoms with Gasteiger partial charge >= 0.3 is 0 Å². The van der Waals surface area contributed by atoms with Crippen molar-refractivity contribution >= 4 is 34.8 Å². The van der Waals surface area contributed by atoms with Crippen LogP contribution in [0.1, 0.15) is 24.0 Å². The second-order valence-electron chi connectivity index (χ2n) is 7.43. The van der Waals surface area contributed by atoms with Gasteiger partial charge in [0.2, 0.25) is 0 Å². The molecule has 2 aromatic carbocycles. The van der Waals surface area contributed by atoms with E-state index >= 15 is 0 Å². The summed E-state index contributed by atoms with van der Waals surface area (Å²) in [6.07, 6.45) is 2.67. The van der Waals surface area contributed by atoms with Crippen LogP contribution in [0.2, 0.25) is 10.0 Å². The van der Waals surface area contributed by atoms with Gasteiger partial charge in [0.25, 0.3) is 5.91 Å². The van der Waals surface area contributed by atoms with E-state index in [1.165, 1.54) is 31.5 Å². The zero-order valence-electron chi connectivity index (χ0n) is 15.7. The highest BCUT2D eigenvalue weighted by molar-refractivity contribution is 6.35. The van der Waals surface area contributed by atoms with Crippen LogP contribution in [0.15, 0.2) is 42.5 Å². The molecule has 1 unspecified atom stereocenters. The molecule has 0 aliphatic carbocycles. The molecule has 6 heteroatoms. The lowest BCUT2D eigenvalue weighted by molar-refractivity contribution is -0.901. The Kier molecular flexibility index (Phi) is 7.13. The largest absolute Gasteiger partial charge is 0.331 e. The molecule has 1 heterocycles. The van der Waals surface area contributed by atoms with Crippen LogP contribution in [-0.4, -0.2) is 32.6 Å². The minimum Gasteiger partial charge on any atom is -0.331 e. The Hall–Kier alpha value is -1.59. The van der Waals surface area contributed by atoms with E-state index in [-0.39, 0.29) is 5.91 Å². The van der Waals surface area contributed by atoms with E-state index in [0.717, 1.165) is 22.7 Å². The molecule has 2 aromatic rings. The van der Waals surface area contributed by atoms with Gasteiger partial charge in [0.1, 0.15) is 13.1 Å². The molecular formula is C21H27Cl2N3O+2. The van der Waals surface area contributed by atoms with Crippen LogP contribution in [0, 0.1) is 0 Å². The molecule has 1 aliphatic rings. The van der Waals surface area contributed by atoms with E-state index in [9.17, 15) is 4.79 Å². The van der Waals surface area contributed by atoms with Crippen molar-refractivity contribution in [2.75, 3.05) is 32.0 Å². The van der Waals surface area contributed by atoms with Crippen LogP contribution in [-0.2, 0) is 17.9 Å². The number of hydrogen-bond donors (Lipinski definition) is 3. The number of benzene rings is 2. The summed E-state index contributed by atoms with van der Waals surface area (Å²) < 4.78 is 0. The third-order valence-corrected chi connectivity index (χ3v) is 5.56. The van der Waals surface area contributed by atoms with E-state index < -0.39 is 0 Å². The molecule has 1 atom stereocenters. The number of likely N-dealkylation sites (N-methyl/N-ethyl adjacent to an activating group) is 1. The van der Waals surface area contributed by atoms with Gasteiger partial charge in [-0.2, -0.15) is 0 Å². The number of halogens is 2. The molecule has 0 saturated carbocycles. The first-order chi connectivity index (χ1) is 13.0. The zero-order chi connectivity index (χ0) is 19.2. The lowest BCUT2D eigenvalue weighted by Gasteiger charge is -2.15. The zero-order valence-corrected chi connectivity index (χ0v) is 17.2. The molecule has 1 fully saturated rings. The van der Waals surface area contributed by atoms with Gasteiger partial charge in [-0.05, 0) is 24.3 Å². The molecule has 3 rings (SSSR count). The first kappa shape index (κ1) is 20.2. The predicted molar refractivity (Wildman–Crippen MR) is 111 cm³/mol. The highest BCUT2D eigenvalue weighted by atomic mass is 35.5. The maximum atomic E-state index is 12.3. The van der Waals surface area contributed by atoms with Crippen LogP contribution < -0.4 is 15.1 Å². The minimum absolute atomic E-state index is 0.00416. The summed E-state index contributed by atoms with van der Waals surface area (Å²) >= 11 is 12.1. The summed E-state index contributed by atoms with van der Waals surface area (Å²) in [5.74, 6) is -0.00416. The Labute approximate surface area is 171 Å². The summed E-state index contributed by atoms with van der Waals surface area (Å²) in [6, 6.07) is 13.7. The quantitative estimate of drug-likeness (QED) is 0.643. The van der Waals surface area contributed by atoms with E-state index in [0.29, 0.717) is 23.1 Å². The van der Waals surface area contributed by atoms with Gasteiger partial charge < -0.3 is 15.1 Å². The lowest BCUT2D eigenvalue weighted by atomic mass is 10.2. The average molecular weight is 408 g/mol. The molecule has 0 bridgehead atoms. The highest BCUT2D eigenvalue weighted by Gasteiger charge is 2.16. The van der Waals surface area contributed by atoms with Crippen LogP contribution in [0.4, 0.5) is 5.69 Å². The van der Waals surface area contributed by atoms with Gasteiger partial charge in [0, 0.05) is 34.7 Å². The summed E-state index contributed by atoms with van der Waals surface area (Å²) in [4.78, 5) is 15.0. The molecular weight excluding hydrogens is 381 g/mol. The normalized spacial score (nSPS) is 15.7. The molecule has 3 N–H and O–H groups in total. The van der Waals surface area contributed by atoms with Crippen molar-refractivity contribution in [1.82, 2.24) is 0 Å². The van der Waals surface area contributed by atoms with Crippen LogP contribution in [0.25, 0.3) is 0 Å². The average Bonchev–Trinajstić information content (AvgIpc) is 3.12. The highest BCUT2D eigenvalue weighted by Crippen LogP contribution is 2.20. The fourth-order valence-electron chi connectivity index (χ4n) is 3.58. The van der Waals surface area contributed by atoms with Crippen molar-refractivity contribution in [3.05, 3.63) is 63.6 Å². The number of carbonyl (C=O) groups is 1. The first-order valence-electron chi connectivity index (χ1n) is 9.47. The fraction of sp³-hybridized carbons (Fsp3) is 0.381. The molecule has 0 spiro atoms. The number of rotatable bonds is 7. The first-order valence-corrected chi connectivity index (χ1v) is 10.2. The predicted octanol–water partition coefficient (Wildman–Crippen LogP) is 1.83. The van der Waals surface area contributed by atoms with Gasteiger partial charge in [0.05, 0.1) is 25.2 Å². The molecule has 27 heavy (non-hydrogen) atoms. The summed E-state index contributed by atoms with van der Waals surface area (Å²) in [5.41, 5.74) is 3.16. The van der Waals surface area contributed by atoms with Crippen LogP contribution in [0.5, 0.6) is 0 Å². The van der Waals surface area contributed by atoms with E-state index in [1.54, 1.807) is 11.0 Å². The van der Waals surface area contributed by atoms with Gasteiger partial charge in [-0.3, -0.25) is 4.79 Å². The number of nitrogens with one attached hydrogen (secondary N) is 3. The number of likely N-dealkylation sites (tertiary alicyclic amines) is 1. The SMILES string of the molecule is C[NH+](CC(=O)Nc1ccc(C[NH+]2CCCC2)cc1)Cc1ccc(Cl)cc1Cl. The van der Waals surface area contributed by atoms with Crippen molar-refractivity contribution in [3.8, 4) is 0 Å². The third-order valence-electron chi connectivity index (χ3n) is 4.97. The molecule has 4 nitrogen and oxygen atoms in total. The van der Waals surface area contributed by atoms with Crippen molar-refractivity contribution in [1.29, 1.82) is 0 Å². The lowest BCUT2D eigenvalue weighted by Crippen LogP contribution is -3.08. The van der Waals surface area contributed by atoms with Crippen molar-refractivity contribution < 1.29 is 14.6 Å². The second kappa shape index (κ2) is 9.56. The van der Waals surface area contributed by atoms with Crippen molar-refractivity contribution in [3.63, 3.8) is 0 Å². The second-order valence-corrected chi connectivity index (χ2v) is 8.27. The summed E-state index contributed by atoms with van der Waals surface area (Å²) in [5, 5.41) is 4.24. The fourth-order valence-corrected chi connectivity index (χ4v) is 4.05. The Bertz CT molecular complexity index is 773. The number of quaternary nitrogens is 2. The molecule has 1 aliphatic heterocycles. The Morgan fingerprint density at radius 3 is 2.48 bits per heavy atom. The smallest absolute Gasteiger partial charge is 0.279 e.